The van der Waals surface area contributed by atoms with Crippen LogP contribution in [0.25, 0.3) is 15.9 Å². The second kappa shape index (κ2) is 17.1. The monoisotopic (exact) mass is 809 g/mol. The van der Waals surface area contributed by atoms with Crippen LogP contribution in [-0.4, -0.2) is 54.5 Å². The van der Waals surface area contributed by atoms with Crippen molar-refractivity contribution in [2.24, 2.45) is 4.99 Å². The maximum Gasteiger partial charge on any atom is 0.222 e. The van der Waals surface area contributed by atoms with E-state index in [0.29, 0.717) is 64.6 Å². The Hall–Kier alpha value is -4.56. The molecule has 0 bridgehead atoms. The van der Waals surface area contributed by atoms with Crippen LogP contribution >= 0.6 is 46.9 Å². The summed E-state index contributed by atoms with van der Waals surface area (Å²) in [6, 6.07) is 12.4. The molecule has 0 fully saturated rings. The number of unbranched alkanes of at least 4 members (excludes halogenated alkanes) is 2. The molecular weight excluding hydrogens is 770 g/mol. The van der Waals surface area contributed by atoms with E-state index in [-0.39, 0.29) is 23.9 Å². The predicted octanol–water partition coefficient (Wildman–Crippen LogP) is 9.25. The fraction of sp³-hybridized carbons (Fsp3) is 0.317. The Bertz CT molecular complexity index is 2420. The number of aryl methyl sites for hydroxylation is 3. The molecule has 1 amide bonds. The number of benzene rings is 2. The van der Waals surface area contributed by atoms with Gasteiger partial charge in [0.25, 0.3) is 0 Å². The maximum absolute atomic E-state index is 13.3. The number of carbonyl (C=O) groups excluding carboxylic acids is 3. The van der Waals surface area contributed by atoms with Crippen LogP contribution in [0.4, 0.5) is 0 Å². The molecule has 14 heteroatoms. The number of thiophene rings is 1. The summed E-state index contributed by atoms with van der Waals surface area (Å²) in [5, 5.41) is 17.2. The summed E-state index contributed by atoms with van der Waals surface area (Å²) in [5.41, 5.74) is 5.61. The predicted molar refractivity (Wildman–Crippen MR) is 222 cm³/mol. The van der Waals surface area contributed by atoms with Gasteiger partial charge in [0.2, 0.25) is 5.91 Å². The van der Waals surface area contributed by atoms with Crippen LogP contribution in [0.5, 0.6) is 0 Å². The normalized spacial score (nSPS) is 13.6. The lowest BCUT2D eigenvalue weighted by molar-refractivity contribution is -0.121. The number of nitrogens with one attached hydrogen (secondary N) is 1. The van der Waals surface area contributed by atoms with Gasteiger partial charge in [0.05, 0.1) is 22.7 Å². The third-order valence-electron chi connectivity index (χ3n) is 9.82. The lowest BCUT2D eigenvalue weighted by atomic mass is 9.99. The Morgan fingerprint density at radius 2 is 1.69 bits per heavy atom. The smallest absolute Gasteiger partial charge is 0.222 e. The third kappa shape index (κ3) is 8.65. The molecule has 6 aromatic rings. The van der Waals surface area contributed by atoms with Gasteiger partial charge in [-0.05, 0) is 82.3 Å². The number of pyridine rings is 1. The maximum atomic E-state index is 13.3. The summed E-state index contributed by atoms with van der Waals surface area (Å²) < 4.78 is 2.04. The Labute approximate surface area is 337 Å². The highest BCUT2D eigenvalue weighted by molar-refractivity contribution is 7.80. The van der Waals surface area contributed by atoms with Crippen LogP contribution in [0.15, 0.2) is 70.1 Å². The van der Waals surface area contributed by atoms with Gasteiger partial charge in [-0.3, -0.25) is 28.9 Å². The largest absolute Gasteiger partial charge is 0.356 e. The van der Waals surface area contributed by atoms with Crippen molar-refractivity contribution in [1.29, 1.82) is 0 Å². The summed E-state index contributed by atoms with van der Waals surface area (Å²) in [7, 11) is 0. The second-order valence-corrected chi connectivity index (χ2v) is 16.8. The molecular formula is C41H40ClN7O3S3. The van der Waals surface area contributed by atoms with E-state index in [1.165, 1.54) is 4.88 Å². The fourth-order valence-corrected chi connectivity index (χ4v) is 9.13. The van der Waals surface area contributed by atoms with Crippen molar-refractivity contribution in [3.63, 3.8) is 0 Å². The summed E-state index contributed by atoms with van der Waals surface area (Å²) in [4.78, 5) is 55.2. The number of thiol groups is 1. The number of carbonyl (C=O) groups is 3. The van der Waals surface area contributed by atoms with E-state index in [2.05, 4.69) is 52.0 Å². The molecule has 55 heavy (non-hydrogen) atoms. The van der Waals surface area contributed by atoms with Gasteiger partial charge < -0.3 is 5.32 Å². The van der Waals surface area contributed by atoms with Gasteiger partial charge in [-0.15, -0.1) is 45.5 Å². The number of hydrogen-bond donors (Lipinski definition) is 2. The molecule has 5 heterocycles. The van der Waals surface area contributed by atoms with E-state index in [0.717, 1.165) is 62.9 Å². The van der Waals surface area contributed by atoms with Crippen molar-refractivity contribution < 1.29 is 14.4 Å². The zero-order valence-electron chi connectivity index (χ0n) is 30.8. The average Bonchev–Trinajstić information content (AvgIpc) is 3.88. The average molecular weight is 810 g/mol. The molecule has 1 aliphatic rings. The molecule has 0 spiro atoms. The quantitative estimate of drug-likeness (QED) is 0.0601. The number of halogens is 1. The van der Waals surface area contributed by atoms with Crippen molar-refractivity contribution in [2.75, 3.05) is 6.54 Å². The zero-order valence-corrected chi connectivity index (χ0v) is 34.0. The molecule has 0 aliphatic carbocycles. The Kier molecular flexibility index (Phi) is 12.0. The van der Waals surface area contributed by atoms with Gasteiger partial charge in [-0.1, -0.05) is 30.2 Å². The number of ketones is 2. The van der Waals surface area contributed by atoms with Crippen LogP contribution in [0, 0.1) is 20.8 Å². The standard InChI is InChI=1S/C41H40ClN7O3S3/c1-23-24(2)55-41-37(23)39(26-11-13-30(42)14-12-26)46-31(40-48-47-25(3)49(40)41)21-35(52)43-15-6-4-5-8-32(50)27-18-28-19-29(22-45-38(28)34(53)20-27)33(51)9-7-10-36-44-16-17-54-36/h11-14,16-20,22,31,53H,4-10,15,21H2,1-3H3,(H,43,52)/t31-/m0/s1. The third-order valence-corrected chi connectivity index (χ3v) is 12.4. The Morgan fingerprint density at radius 3 is 2.47 bits per heavy atom. The van der Waals surface area contributed by atoms with E-state index in [4.69, 9.17) is 16.6 Å². The number of Topliss-reactive ketones (excluding diaryl/α,β-unsaturated/α-hetero) is 2. The highest BCUT2D eigenvalue weighted by Crippen LogP contribution is 2.39. The van der Waals surface area contributed by atoms with Crippen LogP contribution in [0.1, 0.15) is 110 Å². The van der Waals surface area contributed by atoms with Gasteiger partial charge in [0.1, 0.15) is 16.9 Å². The van der Waals surface area contributed by atoms with Crippen molar-refractivity contribution in [3.8, 4) is 5.00 Å². The van der Waals surface area contributed by atoms with Crippen LogP contribution in [-0.2, 0) is 11.2 Å². The van der Waals surface area contributed by atoms with Crippen LogP contribution in [0.3, 0.4) is 0 Å². The van der Waals surface area contributed by atoms with E-state index in [1.54, 1.807) is 53.3 Å². The van der Waals surface area contributed by atoms with E-state index in [9.17, 15) is 14.4 Å². The van der Waals surface area contributed by atoms with Crippen LogP contribution in [0.2, 0.25) is 5.02 Å². The minimum Gasteiger partial charge on any atom is -0.356 e. The van der Waals surface area contributed by atoms with E-state index < -0.39 is 6.04 Å². The first-order chi connectivity index (χ1) is 26.6. The number of aromatic nitrogens is 5. The molecule has 282 valence electrons. The Balaban J connectivity index is 0.934. The van der Waals surface area contributed by atoms with Gasteiger partial charge in [0.15, 0.2) is 17.4 Å². The minimum absolute atomic E-state index is 0.00230. The summed E-state index contributed by atoms with van der Waals surface area (Å²) in [5.74, 6) is 1.26. The van der Waals surface area contributed by atoms with Crippen LogP contribution < -0.4 is 5.32 Å². The number of fused-ring (bicyclic) bond motifs is 4. The SMILES string of the molecule is Cc1sc2c(c1C)C(c1ccc(Cl)cc1)=N[C@@H](CC(=O)NCCCCCC(=O)c1cc(S)c3ncc(C(=O)CCCc4nccs4)cc3c1)c1nnc(C)n1-2. The molecule has 0 radical (unpaired) electrons. The number of hydrogen-bond acceptors (Lipinski definition) is 11. The molecule has 7 rings (SSSR count). The van der Waals surface area contributed by atoms with Gasteiger partial charge in [0, 0.05) is 79.6 Å². The van der Waals surface area contributed by atoms with Gasteiger partial charge in [-0.25, -0.2) is 4.98 Å². The lowest BCUT2D eigenvalue weighted by Gasteiger charge is -2.13. The van der Waals surface area contributed by atoms with Crippen molar-refractivity contribution in [2.45, 2.75) is 83.1 Å². The molecule has 4 aromatic heterocycles. The van der Waals surface area contributed by atoms with E-state index >= 15 is 0 Å². The number of nitrogens with zero attached hydrogens (tertiary/aromatic N) is 6. The highest BCUT2D eigenvalue weighted by Gasteiger charge is 2.32. The fourth-order valence-electron chi connectivity index (χ4n) is 6.80. The first-order valence-electron chi connectivity index (χ1n) is 18.3. The summed E-state index contributed by atoms with van der Waals surface area (Å²) in [6.07, 6.45) is 7.87. The van der Waals surface area contributed by atoms with E-state index in [1.807, 2.05) is 41.1 Å². The number of amides is 1. The van der Waals surface area contributed by atoms with Crippen molar-refractivity contribution in [3.05, 3.63) is 115 Å². The molecule has 1 atom stereocenters. The highest BCUT2D eigenvalue weighted by atomic mass is 35.5. The zero-order chi connectivity index (χ0) is 38.6. The Morgan fingerprint density at radius 1 is 0.927 bits per heavy atom. The molecule has 0 unspecified atom stereocenters. The first kappa shape index (κ1) is 38.7. The lowest BCUT2D eigenvalue weighted by Crippen LogP contribution is -2.26. The summed E-state index contributed by atoms with van der Waals surface area (Å²) in [6.45, 7) is 6.59. The van der Waals surface area contributed by atoms with Gasteiger partial charge >= 0.3 is 0 Å². The molecule has 0 saturated carbocycles. The van der Waals surface area contributed by atoms with Crippen molar-refractivity contribution in [1.82, 2.24) is 30.0 Å². The number of thiazole rings is 1. The summed E-state index contributed by atoms with van der Waals surface area (Å²) >= 11 is 14.1. The number of rotatable bonds is 15. The molecule has 0 saturated heterocycles. The topological polar surface area (TPSA) is 132 Å². The number of aliphatic imine (C=N–C) groups is 1. The molecule has 2 aromatic carbocycles. The van der Waals surface area contributed by atoms with Crippen molar-refractivity contribution >= 4 is 81.0 Å². The molecule has 1 aliphatic heterocycles. The molecule has 1 N–H and O–H groups in total. The minimum atomic E-state index is -0.541. The second-order valence-electron chi connectivity index (χ2n) is 13.7. The molecule has 10 nitrogen and oxygen atoms in total. The first-order valence-corrected chi connectivity index (χ1v) is 20.8. The van der Waals surface area contributed by atoms with Gasteiger partial charge in [-0.2, -0.15) is 0 Å².